The van der Waals surface area contributed by atoms with E-state index in [0.29, 0.717) is 6.54 Å². The third-order valence-corrected chi connectivity index (χ3v) is 4.04. The summed E-state index contributed by atoms with van der Waals surface area (Å²) in [7, 11) is 1.28. The van der Waals surface area contributed by atoms with Crippen molar-refractivity contribution < 1.29 is 14.3 Å². The summed E-state index contributed by atoms with van der Waals surface area (Å²) >= 11 is 0. The third-order valence-electron chi connectivity index (χ3n) is 4.04. The van der Waals surface area contributed by atoms with Crippen LogP contribution < -0.4 is 5.69 Å². The molecule has 2 rings (SSSR count). The smallest absolute Gasteiger partial charge is 0.346 e. The highest BCUT2D eigenvalue weighted by atomic mass is 16.5. The van der Waals surface area contributed by atoms with E-state index in [0.717, 1.165) is 31.5 Å². The van der Waals surface area contributed by atoms with Gasteiger partial charge in [-0.1, -0.05) is 6.42 Å². The van der Waals surface area contributed by atoms with Crippen molar-refractivity contribution in [3.63, 3.8) is 0 Å². The summed E-state index contributed by atoms with van der Waals surface area (Å²) in [6.45, 7) is 3.99. The fraction of sp³-hybridized carbons (Fsp3) is 0.733. The van der Waals surface area contributed by atoms with Crippen molar-refractivity contribution in [2.75, 3.05) is 13.7 Å². The number of aromatic nitrogens is 3. The quantitative estimate of drug-likeness (QED) is 0.721. The van der Waals surface area contributed by atoms with Gasteiger partial charge in [0.05, 0.1) is 7.11 Å². The Bertz CT molecular complexity index is 632. The molecule has 1 amide bonds. The normalized spacial score (nSPS) is 14.3. The van der Waals surface area contributed by atoms with Crippen LogP contribution in [0.4, 0.5) is 0 Å². The van der Waals surface area contributed by atoms with Crippen molar-refractivity contribution in [1.29, 1.82) is 0 Å². The minimum atomic E-state index is -0.486. The average molecular weight is 324 g/mol. The van der Waals surface area contributed by atoms with Crippen molar-refractivity contribution in [2.45, 2.75) is 58.7 Å². The van der Waals surface area contributed by atoms with Crippen molar-refractivity contribution in [1.82, 2.24) is 19.2 Å². The third kappa shape index (κ3) is 4.00. The van der Waals surface area contributed by atoms with Crippen LogP contribution in [0.3, 0.4) is 0 Å². The first-order valence-electron chi connectivity index (χ1n) is 7.97. The molecule has 0 spiro atoms. The number of hydrogen-bond acceptors (Lipinski definition) is 5. The van der Waals surface area contributed by atoms with Crippen LogP contribution >= 0.6 is 0 Å². The molecule has 2 heterocycles. The highest BCUT2D eigenvalue weighted by molar-refractivity contribution is 5.82. The summed E-state index contributed by atoms with van der Waals surface area (Å²) in [5.74, 6) is -0.0647. The standard InChI is InChI=1S/C15H24N4O4/c1-11(2)18(10-14(21)23-3)13(20)9-19-15(22)17-8-6-4-5-7-12(17)16-19/h11H,4-10H2,1-3H3. The van der Waals surface area contributed by atoms with Gasteiger partial charge in [0, 0.05) is 19.0 Å². The first kappa shape index (κ1) is 17.2. The largest absolute Gasteiger partial charge is 0.468 e. The summed E-state index contributed by atoms with van der Waals surface area (Å²) in [4.78, 5) is 37.7. The summed E-state index contributed by atoms with van der Waals surface area (Å²) in [6, 6.07) is -0.169. The fourth-order valence-electron chi connectivity index (χ4n) is 2.71. The Hall–Kier alpha value is -2.12. The zero-order chi connectivity index (χ0) is 17.0. The Labute approximate surface area is 135 Å². The lowest BCUT2D eigenvalue weighted by Gasteiger charge is -2.25. The van der Waals surface area contributed by atoms with E-state index in [-0.39, 0.29) is 30.7 Å². The van der Waals surface area contributed by atoms with Gasteiger partial charge in [0.2, 0.25) is 5.91 Å². The molecule has 1 aromatic heterocycles. The Balaban J connectivity index is 2.15. The van der Waals surface area contributed by atoms with Gasteiger partial charge in [-0.3, -0.25) is 14.2 Å². The zero-order valence-corrected chi connectivity index (χ0v) is 13.9. The molecule has 1 aliphatic heterocycles. The summed E-state index contributed by atoms with van der Waals surface area (Å²) in [5.41, 5.74) is -0.253. The van der Waals surface area contributed by atoms with Crippen LogP contribution in [0.2, 0.25) is 0 Å². The van der Waals surface area contributed by atoms with Crippen LogP contribution in [-0.2, 0) is 33.8 Å². The first-order chi connectivity index (χ1) is 10.9. The lowest BCUT2D eigenvalue weighted by atomic mass is 10.2. The molecule has 8 nitrogen and oxygen atoms in total. The molecule has 0 aromatic carbocycles. The van der Waals surface area contributed by atoms with E-state index in [4.69, 9.17) is 0 Å². The Morgan fingerprint density at radius 1 is 1.30 bits per heavy atom. The number of esters is 1. The Kier molecular flexibility index (Phi) is 5.57. The van der Waals surface area contributed by atoms with Crippen LogP contribution in [0.1, 0.15) is 38.9 Å². The van der Waals surface area contributed by atoms with E-state index >= 15 is 0 Å². The van der Waals surface area contributed by atoms with Crippen LogP contribution in [0.25, 0.3) is 0 Å². The van der Waals surface area contributed by atoms with Gasteiger partial charge < -0.3 is 9.64 Å². The number of carbonyl (C=O) groups excluding carboxylic acids is 2. The van der Waals surface area contributed by atoms with Gasteiger partial charge in [0.25, 0.3) is 0 Å². The topological polar surface area (TPSA) is 86.4 Å². The second kappa shape index (κ2) is 7.43. The number of nitrogens with zero attached hydrogens (tertiary/aromatic N) is 4. The maximum Gasteiger partial charge on any atom is 0.346 e. The van der Waals surface area contributed by atoms with Gasteiger partial charge in [-0.25, -0.2) is 9.48 Å². The first-order valence-corrected chi connectivity index (χ1v) is 7.97. The predicted octanol–water partition coefficient (Wildman–Crippen LogP) is 0.181. The maximum atomic E-state index is 12.4. The van der Waals surface area contributed by atoms with E-state index in [1.54, 1.807) is 4.57 Å². The summed E-state index contributed by atoms with van der Waals surface area (Å²) in [5, 5.41) is 4.29. The highest BCUT2D eigenvalue weighted by Gasteiger charge is 2.23. The predicted molar refractivity (Wildman–Crippen MR) is 82.9 cm³/mol. The van der Waals surface area contributed by atoms with Gasteiger partial charge in [0.1, 0.15) is 18.9 Å². The summed E-state index contributed by atoms with van der Waals surface area (Å²) < 4.78 is 7.47. The van der Waals surface area contributed by atoms with E-state index < -0.39 is 5.97 Å². The van der Waals surface area contributed by atoms with Gasteiger partial charge in [0.15, 0.2) is 0 Å². The molecule has 0 aliphatic carbocycles. The van der Waals surface area contributed by atoms with Crippen LogP contribution in [0.15, 0.2) is 4.79 Å². The molecule has 0 bridgehead atoms. The number of amides is 1. The molecule has 0 N–H and O–H groups in total. The molecule has 0 radical (unpaired) electrons. The molecular weight excluding hydrogens is 300 g/mol. The van der Waals surface area contributed by atoms with Crippen molar-refractivity contribution in [3.8, 4) is 0 Å². The van der Waals surface area contributed by atoms with Crippen molar-refractivity contribution in [2.24, 2.45) is 0 Å². The number of carbonyl (C=O) groups is 2. The second-order valence-electron chi connectivity index (χ2n) is 6.01. The minimum Gasteiger partial charge on any atom is -0.468 e. The van der Waals surface area contributed by atoms with Crippen LogP contribution in [0, 0.1) is 0 Å². The maximum absolute atomic E-state index is 12.4. The molecule has 1 aliphatic rings. The molecule has 0 saturated carbocycles. The van der Waals surface area contributed by atoms with Crippen molar-refractivity contribution in [3.05, 3.63) is 16.3 Å². The molecule has 0 unspecified atom stereocenters. The van der Waals surface area contributed by atoms with E-state index in [1.807, 2.05) is 13.8 Å². The lowest BCUT2D eigenvalue weighted by Crippen LogP contribution is -2.44. The molecule has 0 fully saturated rings. The van der Waals surface area contributed by atoms with E-state index in [2.05, 4.69) is 9.84 Å². The second-order valence-corrected chi connectivity index (χ2v) is 6.01. The number of ether oxygens (including phenoxy) is 1. The molecule has 0 saturated heterocycles. The number of hydrogen-bond donors (Lipinski definition) is 0. The van der Waals surface area contributed by atoms with Gasteiger partial charge in [-0.15, -0.1) is 0 Å². The SMILES string of the molecule is COC(=O)CN(C(=O)Cn1nc2n(c1=O)CCCCC2)C(C)C. The number of fused-ring (bicyclic) bond motifs is 1. The number of aryl methyl sites for hydroxylation is 1. The van der Waals surface area contributed by atoms with Gasteiger partial charge in [-0.2, -0.15) is 5.10 Å². The minimum absolute atomic E-state index is 0.130. The molecule has 23 heavy (non-hydrogen) atoms. The molecule has 0 atom stereocenters. The number of rotatable bonds is 5. The zero-order valence-electron chi connectivity index (χ0n) is 13.9. The Morgan fingerprint density at radius 3 is 2.70 bits per heavy atom. The number of methoxy groups -OCH3 is 1. The van der Waals surface area contributed by atoms with Crippen molar-refractivity contribution >= 4 is 11.9 Å². The van der Waals surface area contributed by atoms with Gasteiger partial charge in [-0.05, 0) is 26.7 Å². The van der Waals surface area contributed by atoms with E-state index in [1.165, 1.54) is 16.7 Å². The molecule has 8 heteroatoms. The molecule has 128 valence electrons. The average Bonchev–Trinajstić information content (AvgIpc) is 2.69. The fourth-order valence-corrected chi connectivity index (χ4v) is 2.71. The molecular formula is C15H24N4O4. The molecule has 1 aromatic rings. The highest BCUT2D eigenvalue weighted by Crippen LogP contribution is 2.10. The van der Waals surface area contributed by atoms with E-state index in [9.17, 15) is 14.4 Å². The van der Waals surface area contributed by atoms with Crippen LogP contribution in [-0.4, -0.2) is 50.8 Å². The van der Waals surface area contributed by atoms with Crippen LogP contribution in [0.5, 0.6) is 0 Å². The monoisotopic (exact) mass is 324 g/mol. The van der Waals surface area contributed by atoms with Gasteiger partial charge >= 0.3 is 11.7 Å². The lowest BCUT2D eigenvalue weighted by molar-refractivity contribution is -0.148. The Morgan fingerprint density at radius 2 is 2.04 bits per heavy atom. The summed E-state index contributed by atoms with van der Waals surface area (Å²) in [6.07, 6.45) is 3.80.